The minimum Gasteiger partial charge on any atom is -0.491 e. The number of carbonyl (C=O) groups is 1. The highest BCUT2D eigenvalue weighted by Gasteiger charge is 2.13. The van der Waals surface area contributed by atoms with Gasteiger partial charge in [-0.05, 0) is 75.3 Å². The molecule has 0 unspecified atom stereocenters. The molecular formula is C21H26N2O3S. The Hall–Kier alpha value is -2.60. The van der Waals surface area contributed by atoms with Gasteiger partial charge in [0.2, 0.25) is 0 Å². The smallest absolute Gasteiger partial charge is 0.338 e. The summed E-state index contributed by atoms with van der Waals surface area (Å²) in [5.41, 5.74) is 3.17. The van der Waals surface area contributed by atoms with Crippen LogP contribution in [0.3, 0.4) is 0 Å². The number of hydrogen-bond donors (Lipinski definition) is 2. The van der Waals surface area contributed by atoms with Crippen LogP contribution in [0.15, 0.2) is 42.5 Å². The van der Waals surface area contributed by atoms with Gasteiger partial charge in [-0.2, -0.15) is 0 Å². The van der Waals surface area contributed by atoms with Gasteiger partial charge in [-0.1, -0.05) is 18.2 Å². The summed E-state index contributed by atoms with van der Waals surface area (Å²) in [4.78, 5) is 12.0. The SMILES string of the molecule is CCOC(=O)c1cccc(NC(=S)NCc2cccc(OC(C)C)c2)c1C. The van der Waals surface area contributed by atoms with Gasteiger partial charge in [0.15, 0.2) is 5.11 Å². The lowest BCUT2D eigenvalue weighted by atomic mass is 10.1. The molecule has 0 aliphatic rings. The van der Waals surface area contributed by atoms with Crippen LogP contribution in [0.5, 0.6) is 5.75 Å². The molecular weight excluding hydrogens is 360 g/mol. The van der Waals surface area contributed by atoms with Crippen molar-refractivity contribution in [1.82, 2.24) is 5.32 Å². The number of hydrogen-bond acceptors (Lipinski definition) is 4. The first-order chi connectivity index (χ1) is 12.9. The maximum Gasteiger partial charge on any atom is 0.338 e. The molecule has 0 spiro atoms. The highest BCUT2D eigenvalue weighted by Crippen LogP contribution is 2.20. The average molecular weight is 387 g/mol. The number of ether oxygens (including phenoxy) is 2. The number of benzene rings is 2. The number of rotatable bonds is 7. The van der Waals surface area contributed by atoms with Gasteiger partial charge < -0.3 is 20.1 Å². The summed E-state index contributed by atoms with van der Waals surface area (Å²) >= 11 is 5.39. The summed E-state index contributed by atoms with van der Waals surface area (Å²) < 4.78 is 10.8. The van der Waals surface area contributed by atoms with Gasteiger partial charge in [0.05, 0.1) is 18.3 Å². The zero-order valence-corrected chi connectivity index (χ0v) is 17.0. The molecule has 5 nitrogen and oxygen atoms in total. The summed E-state index contributed by atoms with van der Waals surface area (Å²) in [5, 5.41) is 6.80. The van der Waals surface area contributed by atoms with Crippen LogP contribution in [0, 0.1) is 6.92 Å². The predicted octanol–water partition coefficient (Wildman–Crippen LogP) is 4.45. The molecule has 0 bridgehead atoms. The fraction of sp³-hybridized carbons (Fsp3) is 0.333. The molecule has 0 atom stereocenters. The molecule has 0 aliphatic heterocycles. The average Bonchev–Trinajstić information content (AvgIpc) is 2.62. The lowest BCUT2D eigenvalue weighted by Gasteiger charge is -2.15. The van der Waals surface area contributed by atoms with Crippen molar-refractivity contribution >= 4 is 29.0 Å². The number of thiocarbonyl (C=S) groups is 1. The van der Waals surface area contributed by atoms with E-state index >= 15 is 0 Å². The van der Waals surface area contributed by atoms with E-state index in [0.29, 0.717) is 23.8 Å². The van der Waals surface area contributed by atoms with E-state index in [1.54, 1.807) is 19.1 Å². The quantitative estimate of drug-likeness (QED) is 0.542. The Morgan fingerprint density at radius 2 is 1.93 bits per heavy atom. The first-order valence-electron chi connectivity index (χ1n) is 8.98. The van der Waals surface area contributed by atoms with E-state index in [0.717, 1.165) is 22.6 Å². The van der Waals surface area contributed by atoms with E-state index in [-0.39, 0.29) is 12.1 Å². The molecule has 0 amide bonds. The van der Waals surface area contributed by atoms with Crippen molar-refractivity contribution in [3.05, 3.63) is 59.2 Å². The minimum atomic E-state index is -0.334. The van der Waals surface area contributed by atoms with Crippen molar-refractivity contribution in [1.29, 1.82) is 0 Å². The highest BCUT2D eigenvalue weighted by molar-refractivity contribution is 7.80. The van der Waals surface area contributed by atoms with Crippen LogP contribution in [0.25, 0.3) is 0 Å². The molecule has 0 aliphatic carbocycles. The predicted molar refractivity (Wildman–Crippen MR) is 112 cm³/mol. The van der Waals surface area contributed by atoms with Crippen molar-refractivity contribution in [3.8, 4) is 5.75 Å². The van der Waals surface area contributed by atoms with Crippen LogP contribution in [-0.4, -0.2) is 23.8 Å². The minimum absolute atomic E-state index is 0.130. The second-order valence-electron chi connectivity index (χ2n) is 6.32. The molecule has 144 valence electrons. The van der Waals surface area contributed by atoms with E-state index < -0.39 is 0 Å². The Kier molecular flexibility index (Phi) is 7.61. The molecule has 0 fully saturated rings. The fourth-order valence-electron chi connectivity index (χ4n) is 2.55. The Labute approximate surface area is 166 Å². The van der Waals surface area contributed by atoms with E-state index in [9.17, 15) is 4.79 Å². The second kappa shape index (κ2) is 9.92. The lowest BCUT2D eigenvalue weighted by molar-refractivity contribution is 0.0525. The maximum absolute atomic E-state index is 12.0. The molecule has 2 N–H and O–H groups in total. The van der Waals surface area contributed by atoms with E-state index in [1.807, 2.05) is 51.1 Å². The zero-order valence-electron chi connectivity index (χ0n) is 16.2. The van der Waals surface area contributed by atoms with Crippen LogP contribution in [-0.2, 0) is 11.3 Å². The summed E-state index contributed by atoms with van der Waals surface area (Å²) in [6.07, 6.45) is 0.130. The second-order valence-corrected chi connectivity index (χ2v) is 6.73. The van der Waals surface area contributed by atoms with Crippen LogP contribution in [0.4, 0.5) is 5.69 Å². The number of anilines is 1. The molecule has 0 aromatic heterocycles. The topological polar surface area (TPSA) is 59.6 Å². The lowest BCUT2D eigenvalue weighted by Crippen LogP contribution is -2.28. The highest BCUT2D eigenvalue weighted by atomic mass is 32.1. The maximum atomic E-state index is 12.0. The van der Waals surface area contributed by atoms with Gasteiger partial charge in [0, 0.05) is 12.2 Å². The fourth-order valence-corrected chi connectivity index (χ4v) is 2.73. The van der Waals surface area contributed by atoms with Gasteiger partial charge in [-0.15, -0.1) is 0 Å². The van der Waals surface area contributed by atoms with Gasteiger partial charge >= 0.3 is 5.97 Å². The molecule has 2 aromatic rings. The summed E-state index contributed by atoms with van der Waals surface area (Å²) in [6, 6.07) is 13.3. The number of esters is 1. The van der Waals surface area contributed by atoms with Crippen molar-refractivity contribution in [2.45, 2.75) is 40.3 Å². The van der Waals surface area contributed by atoms with E-state index in [4.69, 9.17) is 21.7 Å². The molecule has 2 rings (SSSR count). The molecule has 2 aromatic carbocycles. The molecule has 0 heterocycles. The first kappa shape index (κ1) is 20.7. The standard InChI is InChI=1S/C21H26N2O3S/c1-5-25-20(24)18-10-7-11-19(15(18)4)23-21(27)22-13-16-8-6-9-17(12-16)26-14(2)3/h6-12,14H,5,13H2,1-4H3,(H2,22,23,27). The monoisotopic (exact) mass is 386 g/mol. The van der Waals surface area contributed by atoms with Crippen molar-refractivity contribution < 1.29 is 14.3 Å². The van der Waals surface area contributed by atoms with Crippen LogP contribution < -0.4 is 15.4 Å². The van der Waals surface area contributed by atoms with Gasteiger partial charge in [0.1, 0.15) is 5.75 Å². The third kappa shape index (κ3) is 6.25. The van der Waals surface area contributed by atoms with Gasteiger partial charge in [0.25, 0.3) is 0 Å². The molecule has 6 heteroatoms. The Morgan fingerprint density at radius 1 is 1.19 bits per heavy atom. The normalized spacial score (nSPS) is 10.4. The van der Waals surface area contributed by atoms with Crippen LogP contribution in [0.2, 0.25) is 0 Å². The Balaban J connectivity index is 1.98. The summed E-state index contributed by atoms with van der Waals surface area (Å²) in [6.45, 7) is 8.56. The molecule has 0 saturated heterocycles. The summed E-state index contributed by atoms with van der Waals surface area (Å²) in [7, 11) is 0. The third-order valence-electron chi connectivity index (χ3n) is 3.80. The number of carbonyl (C=O) groups excluding carboxylic acids is 1. The van der Waals surface area contributed by atoms with Crippen LogP contribution in [0.1, 0.15) is 42.3 Å². The van der Waals surface area contributed by atoms with Gasteiger partial charge in [-0.3, -0.25) is 0 Å². The van der Waals surface area contributed by atoms with E-state index in [1.165, 1.54) is 0 Å². The van der Waals surface area contributed by atoms with Crippen molar-refractivity contribution in [3.63, 3.8) is 0 Å². The van der Waals surface area contributed by atoms with Crippen molar-refractivity contribution in [2.24, 2.45) is 0 Å². The Morgan fingerprint density at radius 3 is 2.63 bits per heavy atom. The first-order valence-corrected chi connectivity index (χ1v) is 9.38. The molecule has 0 saturated carbocycles. The largest absolute Gasteiger partial charge is 0.491 e. The van der Waals surface area contributed by atoms with E-state index in [2.05, 4.69) is 10.6 Å². The summed E-state index contributed by atoms with van der Waals surface area (Å²) in [5.74, 6) is 0.501. The van der Waals surface area contributed by atoms with Crippen LogP contribution >= 0.6 is 12.2 Å². The molecule has 0 radical (unpaired) electrons. The van der Waals surface area contributed by atoms with Crippen molar-refractivity contribution in [2.75, 3.05) is 11.9 Å². The Bertz CT molecular complexity index is 806. The zero-order chi connectivity index (χ0) is 19.8. The van der Waals surface area contributed by atoms with Gasteiger partial charge in [-0.25, -0.2) is 4.79 Å². The molecule has 27 heavy (non-hydrogen) atoms. The third-order valence-corrected chi connectivity index (χ3v) is 4.05. The number of nitrogens with one attached hydrogen (secondary N) is 2.